The molecule has 1 heterocycles. The Morgan fingerprint density at radius 2 is 1.70 bits per heavy atom. The van der Waals surface area contributed by atoms with E-state index in [0.29, 0.717) is 11.4 Å². The molecule has 142 valence electrons. The molecular weight excluding hydrogens is 348 g/mol. The second-order valence-electron chi connectivity index (χ2n) is 6.43. The first-order valence-corrected chi connectivity index (χ1v) is 8.72. The normalized spacial score (nSPS) is 14.6. The number of anilines is 2. The zero-order chi connectivity index (χ0) is 19.2. The highest BCUT2D eigenvalue weighted by Gasteiger charge is 2.14. The van der Waals surface area contributed by atoms with Gasteiger partial charge in [-0.25, -0.2) is 0 Å². The van der Waals surface area contributed by atoms with Crippen molar-refractivity contribution in [2.24, 2.45) is 0 Å². The van der Waals surface area contributed by atoms with Crippen LogP contribution in [0.15, 0.2) is 48.5 Å². The van der Waals surface area contributed by atoms with Crippen LogP contribution in [0.25, 0.3) is 0 Å². The Hall–Kier alpha value is -3.13. The SMILES string of the molecule is CN1CCN(c2ccc(NC(=O)COc3ccc([N+](=O)[O-])cc3)cc2)CC1. The number of amides is 1. The number of nitro benzene ring substituents is 1. The molecule has 0 aromatic heterocycles. The predicted molar refractivity (Wildman–Crippen MR) is 103 cm³/mol. The lowest BCUT2D eigenvalue weighted by atomic mass is 10.2. The summed E-state index contributed by atoms with van der Waals surface area (Å²) in [4.78, 5) is 26.8. The largest absolute Gasteiger partial charge is 0.484 e. The number of rotatable bonds is 6. The summed E-state index contributed by atoms with van der Waals surface area (Å²) >= 11 is 0. The first-order valence-electron chi connectivity index (χ1n) is 8.72. The molecule has 3 rings (SSSR count). The smallest absolute Gasteiger partial charge is 0.269 e. The molecule has 0 atom stereocenters. The number of carbonyl (C=O) groups is 1. The van der Waals surface area contributed by atoms with E-state index < -0.39 is 4.92 Å². The van der Waals surface area contributed by atoms with Gasteiger partial charge in [0.05, 0.1) is 4.92 Å². The number of ether oxygens (including phenoxy) is 1. The second kappa shape index (κ2) is 8.50. The molecule has 0 spiro atoms. The van der Waals surface area contributed by atoms with Gasteiger partial charge < -0.3 is 19.9 Å². The van der Waals surface area contributed by atoms with E-state index in [1.165, 1.54) is 24.3 Å². The van der Waals surface area contributed by atoms with Gasteiger partial charge in [0.25, 0.3) is 11.6 Å². The van der Waals surface area contributed by atoms with Gasteiger partial charge in [0.2, 0.25) is 0 Å². The van der Waals surface area contributed by atoms with Crippen molar-refractivity contribution in [1.82, 2.24) is 4.90 Å². The average Bonchev–Trinajstić information content (AvgIpc) is 2.68. The van der Waals surface area contributed by atoms with E-state index in [9.17, 15) is 14.9 Å². The molecule has 8 nitrogen and oxygen atoms in total. The van der Waals surface area contributed by atoms with Gasteiger partial charge in [0.15, 0.2) is 6.61 Å². The molecular formula is C19H22N4O4. The number of benzene rings is 2. The number of nitrogens with zero attached hydrogens (tertiary/aromatic N) is 3. The van der Waals surface area contributed by atoms with Crippen LogP contribution in [-0.4, -0.2) is 55.6 Å². The van der Waals surface area contributed by atoms with E-state index >= 15 is 0 Å². The zero-order valence-corrected chi connectivity index (χ0v) is 15.1. The van der Waals surface area contributed by atoms with Crippen molar-refractivity contribution in [1.29, 1.82) is 0 Å². The van der Waals surface area contributed by atoms with Gasteiger partial charge >= 0.3 is 0 Å². The van der Waals surface area contributed by atoms with Crippen LogP contribution >= 0.6 is 0 Å². The van der Waals surface area contributed by atoms with E-state index in [-0.39, 0.29) is 18.2 Å². The topological polar surface area (TPSA) is 88.0 Å². The monoisotopic (exact) mass is 370 g/mol. The number of hydrogen-bond acceptors (Lipinski definition) is 6. The molecule has 2 aromatic rings. The molecule has 1 aliphatic rings. The van der Waals surface area contributed by atoms with E-state index in [1.807, 2.05) is 24.3 Å². The molecule has 0 aliphatic carbocycles. The van der Waals surface area contributed by atoms with Gasteiger partial charge in [-0.1, -0.05) is 0 Å². The fourth-order valence-corrected chi connectivity index (χ4v) is 2.83. The maximum atomic E-state index is 12.0. The van der Waals surface area contributed by atoms with Crippen LogP contribution in [0.4, 0.5) is 17.1 Å². The average molecular weight is 370 g/mol. The van der Waals surface area contributed by atoms with Crippen molar-refractivity contribution < 1.29 is 14.5 Å². The van der Waals surface area contributed by atoms with Crippen molar-refractivity contribution in [3.8, 4) is 5.75 Å². The fraction of sp³-hybridized carbons (Fsp3) is 0.316. The maximum Gasteiger partial charge on any atom is 0.269 e. The third-order valence-corrected chi connectivity index (χ3v) is 4.44. The van der Waals surface area contributed by atoms with Crippen LogP contribution in [0.2, 0.25) is 0 Å². The molecule has 8 heteroatoms. The maximum absolute atomic E-state index is 12.0. The Labute approximate surface area is 157 Å². The summed E-state index contributed by atoms with van der Waals surface area (Å²) in [5, 5.41) is 13.4. The van der Waals surface area contributed by atoms with Crippen LogP contribution in [0.3, 0.4) is 0 Å². The highest BCUT2D eigenvalue weighted by atomic mass is 16.6. The Morgan fingerprint density at radius 3 is 2.30 bits per heavy atom. The molecule has 0 radical (unpaired) electrons. The van der Waals surface area contributed by atoms with Crippen molar-refractivity contribution in [2.75, 3.05) is 50.1 Å². The van der Waals surface area contributed by atoms with E-state index in [4.69, 9.17) is 4.74 Å². The lowest BCUT2D eigenvalue weighted by molar-refractivity contribution is -0.384. The summed E-state index contributed by atoms with van der Waals surface area (Å²) in [6, 6.07) is 13.4. The van der Waals surface area contributed by atoms with Crippen molar-refractivity contribution in [3.63, 3.8) is 0 Å². The van der Waals surface area contributed by atoms with Crippen LogP contribution in [0, 0.1) is 10.1 Å². The van der Waals surface area contributed by atoms with Crippen LogP contribution < -0.4 is 15.0 Å². The lowest BCUT2D eigenvalue weighted by Gasteiger charge is -2.34. The third kappa shape index (κ3) is 5.18. The Kier molecular flexibility index (Phi) is 5.87. The fourth-order valence-electron chi connectivity index (χ4n) is 2.83. The molecule has 1 aliphatic heterocycles. The summed E-state index contributed by atoms with van der Waals surface area (Å²) in [6.07, 6.45) is 0. The Bertz CT molecular complexity index is 784. The van der Waals surface area contributed by atoms with Crippen molar-refractivity contribution in [2.45, 2.75) is 0 Å². The summed E-state index contributed by atoms with van der Waals surface area (Å²) in [7, 11) is 2.12. The zero-order valence-electron chi connectivity index (χ0n) is 15.1. The number of carbonyl (C=O) groups excluding carboxylic acids is 1. The number of nitro groups is 1. The van der Waals surface area contributed by atoms with E-state index in [2.05, 4.69) is 22.2 Å². The highest BCUT2D eigenvalue weighted by molar-refractivity contribution is 5.92. The van der Waals surface area contributed by atoms with Gasteiger partial charge in [0.1, 0.15) is 5.75 Å². The van der Waals surface area contributed by atoms with Crippen molar-refractivity contribution >= 4 is 23.0 Å². The quantitative estimate of drug-likeness (QED) is 0.620. The summed E-state index contributed by atoms with van der Waals surface area (Å²) in [5.74, 6) is 0.113. The third-order valence-electron chi connectivity index (χ3n) is 4.44. The molecule has 27 heavy (non-hydrogen) atoms. The Balaban J connectivity index is 1.48. The highest BCUT2D eigenvalue weighted by Crippen LogP contribution is 2.20. The molecule has 1 amide bonds. The van der Waals surface area contributed by atoms with Gasteiger partial charge in [-0.3, -0.25) is 14.9 Å². The minimum absolute atomic E-state index is 0.0211. The second-order valence-corrected chi connectivity index (χ2v) is 6.43. The number of likely N-dealkylation sites (N-methyl/N-ethyl adjacent to an activating group) is 1. The molecule has 0 saturated carbocycles. The summed E-state index contributed by atoms with van der Waals surface area (Å²) in [5.41, 5.74) is 1.82. The molecule has 1 fully saturated rings. The number of nitrogens with one attached hydrogen (secondary N) is 1. The van der Waals surface area contributed by atoms with Gasteiger partial charge in [-0.15, -0.1) is 0 Å². The molecule has 1 saturated heterocycles. The first-order chi connectivity index (χ1) is 13.0. The van der Waals surface area contributed by atoms with Crippen molar-refractivity contribution in [3.05, 3.63) is 58.6 Å². The molecule has 1 N–H and O–H groups in total. The lowest BCUT2D eigenvalue weighted by Crippen LogP contribution is -2.44. The summed E-state index contributed by atoms with van der Waals surface area (Å²) < 4.78 is 5.36. The van der Waals surface area contributed by atoms with Crippen LogP contribution in [-0.2, 0) is 4.79 Å². The van der Waals surface area contributed by atoms with Gasteiger partial charge in [-0.05, 0) is 43.4 Å². The first kappa shape index (κ1) is 18.7. The van der Waals surface area contributed by atoms with Gasteiger partial charge in [0, 0.05) is 49.7 Å². The van der Waals surface area contributed by atoms with E-state index in [0.717, 1.165) is 31.9 Å². The predicted octanol–water partition coefficient (Wildman–Crippen LogP) is 2.36. The summed E-state index contributed by atoms with van der Waals surface area (Å²) in [6.45, 7) is 3.89. The molecule has 0 bridgehead atoms. The molecule has 0 unspecified atom stereocenters. The minimum atomic E-state index is -0.484. The van der Waals surface area contributed by atoms with Crippen LogP contribution in [0.5, 0.6) is 5.75 Å². The number of hydrogen-bond donors (Lipinski definition) is 1. The van der Waals surface area contributed by atoms with Crippen LogP contribution in [0.1, 0.15) is 0 Å². The van der Waals surface area contributed by atoms with E-state index in [1.54, 1.807) is 0 Å². The standard InChI is InChI=1S/C19H22N4O4/c1-21-10-12-22(13-11-21)16-4-2-15(3-5-16)20-19(24)14-27-18-8-6-17(7-9-18)23(25)26/h2-9H,10-14H2,1H3,(H,20,24). The number of piperazine rings is 1. The number of non-ortho nitro benzene ring substituents is 1. The minimum Gasteiger partial charge on any atom is -0.484 e. The van der Waals surface area contributed by atoms with Gasteiger partial charge in [-0.2, -0.15) is 0 Å². The molecule has 2 aromatic carbocycles. The Morgan fingerprint density at radius 1 is 1.07 bits per heavy atom.